The highest BCUT2D eigenvalue weighted by molar-refractivity contribution is 7.53. The van der Waals surface area contributed by atoms with E-state index in [0.717, 1.165) is 6.42 Å². The Bertz CT molecular complexity index is 226. The summed E-state index contributed by atoms with van der Waals surface area (Å²) >= 11 is 0. The van der Waals surface area contributed by atoms with E-state index in [0.29, 0.717) is 32.6 Å². The topological polar surface area (TPSA) is 44.8 Å². The maximum absolute atomic E-state index is 12.0. The lowest BCUT2D eigenvalue weighted by Crippen LogP contribution is -2.30. The standard InChI is InChI=1S/C10H21O4P/c1-4-5-12-6-7-15(11)13-8-10(2,3)9-14-15/h4-9H2,1-3H3. The summed E-state index contributed by atoms with van der Waals surface area (Å²) in [7, 11) is -2.86. The van der Waals surface area contributed by atoms with E-state index in [9.17, 15) is 4.57 Å². The molecule has 1 heterocycles. The third kappa shape index (κ3) is 4.64. The monoisotopic (exact) mass is 236 g/mol. The molecule has 0 bridgehead atoms. The third-order valence-electron chi connectivity index (χ3n) is 2.16. The molecule has 0 spiro atoms. The van der Waals surface area contributed by atoms with Crippen molar-refractivity contribution in [3.63, 3.8) is 0 Å². The van der Waals surface area contributed by atoms with Crippen LogP contribution in [0.3, 0.4) is 0 Å². The molecule has 1 saturated heterocycles. The Morgan fingerprint density at radius 1 is 1.27 bits per heavy atom. The molecule has 1 fully saturated rings. The Morgan fingerprint density at radius 3 is 2.40 bits per heavy atom. The Balaban J connectivity index is 2.26. The Morgan fingerprint density at radius 2 is 1.87 bits per heavy atom. The molecular formula is C10H21O4P. The highest BCUT2D eigenvalue weighted by Crippen LogP contribution is 2.53. The molecule has 0 unspecified atom stereocenters. The average Bonchev–Trinajstić information content (AvgIpc) is 2.19. The fourth-order valence-electron chi connectivity index (χ4n) is 1.18. The van der Waals surface area contributed by atoms with E-state index in [1.807, 2.05) is 20.8 Å². The molecule has 1 aliphatic rings. The van der Waals surface area contributed by atoms with Gasteiger partial charge in [0.05, 0.1) is 26.0 Å². The second-order valence-electron chi connectivity index (χ2n) is 4.66. The van der Waals surface area contributed by atoms with E-state index in [1.165, 1.54) is 0 Å². The van der Waals surface area contributed by atoms with Gasteiger partial charge in [-0.25, -0.2) is 0 Å². The first-order valence-corrected chi connectivity index (χ1v) is 7.16. The quantitative estimate of drug-likeness (QED) is 0.543. The SMILES string of the molecule is CCCOCCP1(=O)OCC(C)(C)CO1. The van der Waals surface area contributed by atoms with Crippen LogP contribution in [0.5, 0.6) is 0 Å². The normalized spacial score (nSPS) is 23.9. The van der Waals surface area contributed by atoms with Gasteiger partial charge in [0.15, 0.2) is 0 Å². The number of ether oxygens (including phenoxy) is 1. The molecule has 0 atom stereocenters. The van der Waals surface area contributed by atoms with Crippen LogP contribution in [0.15, 0.2) is 0 Å². The van der Waals surface area contributed by atoms with Gasteiger partial charge in [0.1, 0.15) is 0 Å². The lowest BCUT2D eigenvalue weighted by molar-refractivity contribution is 0.0380. The molecule has 0 N–H and O–H groups in total. The molecule has 5 heteroatoms. The summed E-state index contributed by atoms with van der Waals surface area (Å²) in [5.41, 5.74) is -0.0296. The van der Waals surface area contributed by atoms with Gasteiger partial charge in [-0.3, -0.25) is 4.57 Å². The van der Waals surface area contributed by atoms with Crippen LogP contribution in [0.25, 0.3) is 0 Å². The smallest absolute Gasteiger partial charge is 0.333 e. The van der Waals surface area contributed by atoms with Gasteiger partial charge in [-0.15, -0.1) is 0 Å². The molecule has 0 aromatic carbocycles. The molecule has 0 aliphatic carbocycles. The van der Waals surface area contributed by atoms with Crippen LogP contribution in [0.1, 0.15) is 27.2 Å². The number of hydrogen-bond acceptors (Lipinski definition) is 4. The molecule has 15 heavy (non-hydrogen) atoms. The van der Waals surface area contributed by atoms with Gasteiger partial charge in [-0.05, 0) is 6.42 Å². The van der Waals surface area contributed by atoms with Crippen molar-refractivity contribution in [1.29, 1.82) is 0 Å². The predicted molar refractivity (Wildman–Crippen MR) is 59.3 cm³/mol. The fraction of sp³-hybridized carbons (Fsp3) is 1.00. The van der Waals surface area contributed by atoms with Gasteiger partial charge < -0.3 is 13.8 Å². The van der Waals surface area contributed by atoms with Crippen molar-refractivity contribution in [2.75, 3.05) is 32.6 Å². The summed E-state index contributed by atoms with van der Waals surface area (Å²) in [4.78, 5) is 0. The van der Waals surface area contributed by atoms with E-state index in [1.54, 1.807) is 0 Å². The Labute approximate surface area is 91.8 Å². The van der Waals surface area contributed by atoms with Gasteiger partial charge in [-0.1, -0.05) is 20.8 Å². The predicted octanol–water partition coefficient (Wildman–Crippen LogP) is 2.68. The summed E-state index contributed by atoms with van der Waals surface area (Å²) in [5, 5.41) is 0. The van der Waals surface area contributed by atoms with Gasteiger partial charge in [0, 0.05) is 12.0 Å². The van der Waals surface area contributed by atoms with Crippen LogP contribution >= 0.6 is 7.60 Å². The van der Waals surface area contributed by atoms with Crippen molar-refractivity contribution in [1.82, 2.24) is 0 Å². The van der Waals surface area contributed by atoms with E-state index in [4.69, 9.17) is 13.8 Å². The fourth-order valence-corrected chi connectivity index (χ4v) is 2.95. The Kier molecular flexibility index (Phi) is 4.78. The summed E-state index contributed by atoms with van der Waals surface area (Å²) in [5.74, 6) is 0. The van der Waals surface area contributed by atoms with Crippen molar-refractivity contribution in [2.45, 2.75) is 27.2 Å². The highest BCUT2D eigenvalue weighted by Gasteiger charge is 2.35. The molecule has 0 aromatic heterocycles. The molecule has 0 amide bonds. The van der Waals surface area contributed by atoms with Gasteiger partial charge in [0.25, 0.3) is 0 Å². The van der Waals surface area contributed by atoms with Crippen molar-refractivity contribution in [2.24, 2.45) is 5.41 Å². The van der Waals surface area contributed by atoms with E-state index >= 15 is 0 Å². The number of rotatable bonds is 5. The van der Waals surface area contributed by atoms with Crippen LogP contribution in [0.2, 0.25) is 0 Å². The summed E-state index contributed by atoms with van der Waals surface area (Å²) in [6, 6.07) is 0. The van der Waals surface area contributed by atoms with Crippen LogP contribution in [-0.2, 0) is 18.3 Å². The van der Waals surface area contributed by atoms with E-state index in [-0.39, 0.29) is 5.41 Å². The van der Waals surface area contributed by atoms with E-state index < -0.39 is 7.60 Å². The lowest BCUT2D eigenvalue weighted by atomic mass is 9.97. The third-order valence-corrected chi connectivity index (χ3v) is 3.94. The van der Waals surface area contributed by atoms with Gasteiger partial charge >= 0.3 is 7.60 Å². The molecule has 4 nitrogen and oxygen atoms in total. The lowest BCUT2D eigenvalue weighted by Gasteiger charge is -2.33. The van der Waals surface area contributed by atoms with Gasteiger partial charge in [-0.2, -0.15) is 0 Å². The molecule has 0 saturated carbocycles. The molecule has 0 aromatic rings. The minimum absolute atomic E-state index is 0.0296. The maximum Gasteiger partial charge on any atom is 0.333 e. The van der Waals surface area contributed by atoms with E-state index in [2.05, 4.69) is 0 Å². The van der Waals surface area contributed by atoms with Gasteiger partial charge in [0.2, 0.25) is 0 Å². The molecule has 1 aliphatic heterocycles. The van der Waals surface area contributed by atoms with Crippen molar-refractivity contribution in [3.05, 3.63) is 0 Å². The Hall–Kier alpha value is 0.110. The first-order valence-electron chi connectivity index (χ1n) is 5.43. The minimum atomic E-state index is -2.86. The summed E-state index contributed by atoms with van der Waals surface area (Å²) < 4.78 is 27.9. The second kappa shape index (κ2) is 5.44. The second-order valence-corrected chi connectivity index (χ2v) is 6.84. The largest absolute Gasteiger partial charge is 0.381 e. The highest BCUT2D eigenvalue weighted by atomic mass is 31.2. The zero-order valence-corrected chi connectivity index (χ0v) is 10.7. The summed E-state index contributed by atoms with van der Waals surface area (Å²) in [6.07, 6.45) is 1.34. The molecule has 1 rings (SSSR count). The number of hydrogen-bond donors (Lipinski definition) is 0. The van der Waals surface area contributed by atoms with Crippen molar-refractivity contribution < 1.29 is 18.3 Å². The first kappa shape index (κ1) is 13.2. The van der Waals surface area contributed by atoms with Crippen LogP contribution < -0.4 is 0 Å². The van der Waals surface area contributed by atoms with Crippen LogP contribution in [-0.4, -0.2) is 32.6 Å². The zero-order chi connectivity index (χ0) is 11.4. The minimum Gasteiger partial charge on any atom is -0.381 e. The van der Waals surface area contributed by atoms with Crippen LogP contribution in [0.4, 0.5) is 0 Å². The van der Waals surface area contributed by atoms with Crippen molar-refractivity contribution in [3.8, 4) is 0 Å². The average molecular weight is 236 g/mol. The van der Waals surface area contributed by atoms with Crippen molar-refractivity contribution >= 4 is 7.60 Å². The van der Waals surface area contributed by atoms with Crippen LogP contribution in [0, 0.1) is 5.41 Å². The molecule has 0 radical (unpaired) electrons. The maximum atomic E-state index is 12.0. The zero-order valence-electron chi connectivity index (χ0n) is 9.82. The first-order chi connectivity index (χ1) is 6.97. The summed E-state index contributed by atoms with van der Waals surface area (Å²) in [6.45, 7) is 8.25. The molecular weight excluding hydrogens is 215 g/mol. The molecule has 90 valence electrons.